The fourth-order valence-electron chi connectivity index (χ4n) is 5.33. The molecule has 6 heteroatoms. The molecule has 1 saturated heterocycles. The Bertz CT molecular complexity index is 1100. The molecule has 2 aromatic carbocycles. The van der Waals surface area contributed by atoms with Crippen molar-refractivity contribution in [3.63, 3.8) is 0 Å². The zero-order valence-corrected chi connectivity index (χ0v) is 18.9. The van der Waals surface area contributed by atoms with Crippen molar-refractivity contribution in [1.82, 2.24) is 15.2 Å². The summed E-state index contributed by atoms with van der Waals surface area (Å²) in [6, 6.07) is 16.7. The lowest BCUT2D eigenvalue weighted by atomic mass is 10.0. The molecule has 1 fully saturated rings. The summed E-state index contributed by atoms with van der Waals surface area (Å²) in [5.41, 5.74) is 4.82. The number of amides is 1. The molecule has 6 nitrogen and oxygen atoms in total. The van der Waals surface area contributed by atoms with Gasteiger partial charge in [0, 0.05) is 48.0 Å². The summed E-state index contributed by atoms with van der Waals surface area (Å²) in [6.45, 7) is 4.70. The monoisotopic (exact) mass is 432 g/mol. The summed E-state index contributed by atoms with van der Waals surface area (Å²) < 4.78 is 8.13. The van der Waals surface area contributed by atoms with E-state index in [1.807, 2.05) is 49.4 Å². The molecule has 0 radical (unpaired) electrons. The molecule has 0 spiro atoms. The highest BCUT2D eigenvalue weighted by Gasteiger charge is 2.31. The molecular weight excluding hydrogens is 400 g/mol. The number of fused-ring (bicyclic) bond motifs is 3. The van der Waals surface area contributed by atoms with Crippen molar-refractivity contribution < 1.29 is 9.53 Å². The van der Waals surface area contributed by atoms with Crippen molar-refractivity contribution in [1.29, 1.82) is 0 Å². The number of aromatic nitrogens is 1. The number of carbonyl (C=O) groups is 1. The quantitative estimate of drug-likeness (QED) is 0.622. The Balaban J connectivity index is 1.38. The molecule has 3 aromatic rings. The van der Waals surface area contributed by atoms with Gasteiger partial charge in [-0.3, -0.25) is 4.90 Å². The molecule has 168 valence electrons. The molecule has 1 atom stereocenters. The molecule has 1 amide bonds. The molecule has 32 heavy (non-hydrogen) atoms. The van der Waals surface area contributed by atoms with Crippen LogP contribution in [0.3, 0.4) is 0 Å². The van der Waals surface area contributed by atoms with Gasteiger partial charge in [-0.1, -0.05) is 18.2 Å². The number of hydrogen-bond acceptors (Lipinski definition) is 4. The molecule has 0 saturated carbocycles. The zero-order chi connectivity index (χ0) is 22.1. The summed E-state index contributed by atoms with van der Waals surface area (Å²) >= 11 is 0. The number of carbonyl (C=O) groups excluding carboxylic acids is 1. The topological polar surface area (TPSA) is 58.5 Å². The number of nitrogens with one attached hydrogen (secondary N) is 2. The van der Waals surface area contributed by atoms with Crippen LogP contribution in [0.2, 0.25) is 0 Å². The van der Waals surface area contributed by atoms with Crippen LogP contribution in [0.25, 0.3) is 10.9 Å². The van der Waals surface area contributed by atoms with Crippen LogP contribution in [0.4, 0.5) is 10.5 Å². The van der Waals surface area contributed by atoms with E-state index >= 15 is 0 Å². The van der Waals surface area contributed by atoms with Crippen LogP contribution >= 0.6 is 0 Å². The van der Waals surface area contributed by atoms with Gasteiger partial charge in [0.05, 0.1) is 0 Å². The van der Waals surface area contributed by atoms with E-state index in [1.165, 1.54) is 35.0 Å². The van der Waals surface area contributed by atoms with E-state index in [9.17, 15) is 4.79 Å². The van der Waals surface area contributed by atoms with Gasteiger partial charge in [0.15, 0.2) is 0 Å². The number of anilines is 1. The van der Waals surface area contributed by atoms with Crippen molar-refractivity contribution in [3.8, 4) is 5.75 Å². The summed E-state index contributed by atoms with van der Waals surface area (Å²) in [7, 11) is 2.16. The average molecular weight is 433 g/mol. The Kier molecular flexibility index (Phi) is 5.89. The lowest BCUT2D eigenvalue weighted by Crippen LogP contribution is -2.41. The number of nitrogens with zero attached hydrogens (tertiary/aromatic N) is 2. The molecule has 1 aliphatic carbocycles. The first kappa shape index (κ1) is 21.0. The van der Waals surface area contributed by atoms with Crippen molar-refractivity contribution >= 4 is 22.7 Å². The van der Waals surface area contributed by atoms with Gasteiger partial charge in [-0.2, -0.15) is 0 Å². The Hall–Kier alpha value is -2.83. The predicted octanol–water partition coefficient (Wildman–Crippen LogP) is 4.53. The van der Waals surface area contributed by atoms with E-state index < -0.39 is 0 Å². The average Bonchev–Trinajstić information content (AvgIpc) is 3.35. The van der Waals surface area contributed by atoms with Crippen molar-refractivity contribution in [3.05, 3.63) is 59.8 Å². The minimum absolute atomic E-state index is 0.351. The minimum Gasteiger partial charge on any atom is -0.410 e. The minimum atomic E-state index is -0.351. The summed E-state index contributed by atoms with van der Waals surface area (Å²) in [5, 5.41) is 8.56. The number of piperidine rings is 1. The third-order valence-electron chi connectivity index (χ3n) is 6.92. The molecule has 5 rings (SSSR count). The van der Waals surface area contributed by atoms with Gasteiger partial charge in [-0.25, -0.2) is 4.79 Å². The van der Waals surface area contributed by atoms with Gasteiger partial charge in [0.2, 0.25) is 0 Å². The molecule has 1 unspecified atom stereocenters. The van der Waals surface area contributed by atoms with E-state index in [0.29, 0.717) is 24.4 Å². The first-order chi connectivity index (χ1) is 15.7. The van der Waals surface area contributed by atoms with Gasteiger partial charge < -0.3 is 19.9 Å². The van der Waals surface area contributed by atoms with Crippen molar-refractivity contribution in [2.24, 2.45) is 7.05 Å². The Morgan fingerprint density at radius 1 is 1.16 bits per heavy atom. The van der Waals surface area contributed by atoms with Crippen LogP contribution in [-0.4, -0.2) is 36.3 Å². The van der Waals surface area contributed by atoms with Crippen LogP contribution in [0.15, 0.2) is 48.5 Å². The second-order valence-corrected chi connectivity index (χ2v) is 8.83. The summed E-state index contributed by atoms with van der Waals surface area (Å²) in [6.07, 6.45) is 4.20. The maximum Gasteiger partial charge on any atom is 0.419 e. The fraction of sp³-hybridized carbons (Fsp3) is 0.423. The van der Waals surface area contributed by atoms with E-state index in [-0.39, 0.29) is 6.09 Å². The second-order valence-electron chi connectivity index (χ2n) is 8.83. The Morgan fingerprint density at radius 3 is 2.69 bits per heavy atom. The van der Waals surface area contributed by atoms with Crippen LogP contribution in [0.5, 0.6) is 5.75 Å². The molecular formula is C26H32N4O2. The number of para-hydroxylation sites is 1. The number of ether oxygens (including phenoxy) is 1. The lowest BCUT2D eigenvalue weighted by molar-refractivity contribution is 0.208. The molecule has 2 heterocycles. The molecule has 1 aliphatic heterocycles. The van der Waals surface area contributed by atoms with Gasteiger partial charge >= 0.3 is 6.09 Å². The summed E-state index contributed by atoms with van der Waals surface area (Å²) in [4.78, 5) is 14.5. The number of hydrogen-bond donors (Lipinski definition) is 2. The molecule has 2 aliphatic rings. The van der Waals surface area contributed by atoms with Gasteiger partial charge in [0.25, 0.3) is 0 Å². The maximum atomic E-state index is 12.9. The summed E-state index contributed by atoms with van der Waals surface area (Å²) in [5.74, 6) is 0.597. The zero-order valence-electron chi connectivity index (χ0n) is 18.9. The standard InChI is InChI=1S/C26H32N4O2/c1-3-30(19-7-5-4-6-8-19)26(31)32-20-9-12-24-22(17-20)21-10-11-23(25(21)29(24)2)28-18-13-15-27-16-14-18/h4-9,12,17-18,23,27-28H,3,10-11,13-16H2,1-2H3. The third-order valence-corrected chi connectivity index (χ3v) is 6.92. The van der Waals surface area contributed by atoms with Gasteiger partial charge in [0.1, 0.15) is 5.75 Å². The van der Waals surface area contributed by atoms with E-state index in [4.69, 9.17) is 4.74 Å². The third kappa shape index (κ3) is 3.89. The molecule has 1 aromatic heterocycles. The highest BCUT2D eigenvalue weighted by atomic mass is 16.6. The fourth-order valence-corrected chi connectivity index (χ4v) is 5.33. The highest BCUT2D eigenvalue weighted by molar-refractivity contribution is 5.91. The van der Waals surface area contributed by atoms with E-state index in [1.54, 1.807) is 4.90 Å². The second kappa shape index (κ2) is 8.96. The number of rotatable bonds is 5. The van der Waals surface area contributed by atoms with Crippen molar-refractivity contribution in [2.45, 2.75) is 44.7 Å². The normalized spacial score (nSPS) is 18.6. The van der Waals surface area contributed by atoms with Crippen LogP contribution in [0.1, 0.15) is 43.5 Å². The first-order valence-corrected chi connectivity index (χ1v) is 11.8. The first-order valence-electron chi connectivity index (χ1n) is 11.8. The predicted molar refractivity (Wildman–Crippen MR) is 128 cm³/mol. The molecule has 2 N–H and O–H groups in total. The highest BCUT2D eigenvalue weighted by Crippen LogP contribution is 2.40. The van der Waals surface area contributed by atoms with Gasteiger partial charge in [-0.15, -0.1) is 0 Å². The Labute approximate surface area is 189 Å². The van der Waals surface area contributed by atoms with Gasteiger partial charge in [-0.05, 0) is 81.6 Å². The smallest absolute Gasteiger partial charge is 0.410 e. The van der Waals surface area contributed by atoms with Crippen molar-refractivity contribution in [2.75, 3.05) is 24.5 Å². The van der Waals surface area contributed by atoms with Crippen LogP contribution in [0, 0.1) is 0 Å². The number of aryl methyl sites for hydroxylation is 2. The van der Waals surface area contributed by atoms with E-state index in [2.05, 4.69) is 28.3 Å². The Morgan fingerprint density at radius 2 is 1.94 bits per heavy atom. The van der Waals surface area contributed by atoms with Crippen LogP contribution in [-0.2, 0) is 13.5 Å². The van der Waals surface area contributed by atoms with E-state index in [0.717, 1.165) is 31.6 Å². The maximum absolute atomic E-state index is 12.9. The van der Waals surface area contributed by atoms with Crippen LogP contribution < -0.4 is 20.3 Å². The molecule has 0 bridgehead atoms. The SMILES string of the molecule is CCN(C(=O)Oc1ccc2c(c1)c1c(n2C)C(NC2CCNCC2)CC1)c1ccccc1. The number of benzene rings is 2. The largest absolute Gasteiger partial charge is 0.419 e. The lowest BCUT2D eigenvalue weighted by Gasteiger charge is -2.27.